The smallest absolute Gasteiger partial charge is 0.126 e. The molecule has 18 heavy (non-hydrogen) atoms. The van der Waals surface area contributed by atoms with E-state index >= 15 is 0 Å². The molecule has 1 aromatic carbocycles. The van der Waals surface area contributed by atoms with Crippen LogP contribution < -0.4 is 5.32 Å². The number of fused-ring (bicyclic) bond motifs is 1. The number of aliphatic hydroxyl groups excluding tert-OH is 1. The highest BCUT2D eigenvalue weighted by Crippen LogP contribution is 2.23. The normalized spacial score (nSPS) is 12.6. The second-order valence-corrected chi connectivity index (χ2v) is 4.85. The van der Waals surface area contributed by atoms with Crippen LogP contribution in [0.1, 0.15) is 0 Å². The van der Waals surface area contributed by atoms with Crippen molar-refractivity contribution in [1.29, 1.82) is 0 Å². The summed E-state index contributed by atoms with van der Waals surface area (Å²) in [5.74, 6) is 0.740. The molecule has 0 amide bonds. The first-order valence-electron chi connectivity index (χ1n) is 5.67. The van der Waals surface area contributed by atoms with E-state index in [4.69, 9.17) is 4.74 Å². The molecule has 2 rings (SSSR count). The topological polar surface area (TPSA) is 54.4 Å². The highest BCUT2D eigenvalue weighted by atomic mass is 79.9. The molecule has 4 nitrogen and oxygen atoms in total. The van der Waals surface area contributed by atoms with Crippen LogP contribution in [0.25, 0.3) is 10.9 Å². The maximum Gasteiger partial charge on any atom is 0.126 e. The Hall–Kier alpha value is -1.17. The van der Waals surface area contributed by atoms with Gasteiger partial charge >= 0.3 is 0 Å². The van der Waals surface area contributed by atoms with Crippen LogP contribution in [-0.2, 0) is 4.74 Å². The second-order valence-electron chi connectivity index (χ2n) is 4.00. The molecule has 0 fully saturated rings. The number of rotatable bonds is 5. The maximum atomic E-state index is 9.55. The number of nitrogens with one attached hydrogen (secondary N) is 1. The molecular weight excluding hydrogens is 296 g/mol. The van der Waals surface area contributed by atoms with E-state index in [0.29, 0.717) is 13.2 Å². The molecule has 1 aromatic heterocycles. The number of nitrogens with zero attached hydrogens (tertiary/aromatic N) is 1. The summed E-state index contributed by atoms with van der Waals surface area (Å²) in [5.41, 5.74) is 0.906. The van der Waals surface area contributed by atoms with Crippen molar-refractivity contribution in [2.24, 2.45) is 0 Å². The Morgan fingerprint density at radius 3 is 3.00 bits per heavy atom. The Bertz CT molecular complexity index is 533. The van der Waals surface area contributed by atoms with E-state index in [0.717, 1.165) is 21.2 Å². The molecule has 0 bridgehead atoms. The van der Waals surface area contributed by atoms with Crippen LogP contribution in [0.2, 0.25) is 0 Å². The molecule has 1 atom stereocenters. The molecule has 1 heterocycles. The number of benzene rings is 1. The zero-order valence-corrected chi connectivity index (χ0v) is 11.6. The van der Waals surface area contributed by atoms with Gasteiger partial charge in [-0.15, -0.1) is 0 Å². The summed E-state index contributed by atoms with van der Waals surface area (Å²) < 4.78 is 5.82. The molecular formula is C13H15BrN2O2. The van der Waals surface area contributed by atoms with Crippen LogP contribution in [-0.4, -0.2) is 36.5 Å². The number of aromatic nitrogens is 1. The monoisotopic (exact) mass is 310 g/mol. The number of halogens is 1. The molecule has 2 N–H and O–H groups in total. The molecule has 5 heteroatoms. The number of anilines is 1. The minimum Gasteiger partial charge on any atom is -0.389 e. The summed E-state index contributed by atoms with van der Waals surface area (Å²) in [6, 6.07) is 9.84. The van der Waals surface area contributed by atoms with Gasteiger partial charge in [0.25, 0.3) is 0 Å². The van der Waals surface area contributed by atoms with Gasteiger partial charge in [-0.3, -0.25) is 0 Å². The van der Waals surface area contributed by atoms with E-state index < -0.39 is 6.10 Å². The summed E-state index contributed by atoms with van der Waals surface area (Å²) >= 11 is 3.48. The van der Waals surface area contributed by atoms with Crippen molar-refractivity contribution in [2.75, 3.05) is 25.6 Å². The number of hydrogen-bond donors (Lipinski definition) is 2. The van der Waals surface area contributed by atoms with Crippen LogP contribution in [0.3, 0.4) is 0 Å². The molecule has 0 radical (unpaired) electrons. The van der Waals surface area contributed by atoms with E-state index in [1.807, 2.05) is 30.3 Å². The number of pyridine rings is 1. The van der Waals surface area contributed by atoms with Gasteiger partial charge in [-0.2, -0.15) is 0 Å². The predicted molar refractivity (Wildman–Crippen MR) is 75.8 cm³/mol. The average Bonchev–Trinajstić information content (AvgIpc) is 2.37. The van der Waals surface area contributed by atoms with Crippen molar-refractivity contribution < 1.29 is 9.84 Å². The lowest BCUT2D eigenvalue weighted by Gasteiger charge is -2.11. The van der Waals surface area contributed by atoms with Crippen molar-refractivity contribution in [3.05, 3.63) is 34.8 Å². The van der Waals surface area contributed by atoms with Gasteiger partial charge in [0, 0.05) is 23.5 Å². The molecule has 0 aliphatic carbocycles. The fraction of sp³-hybridized carbons (Fsp3) is 0.308. The molecule has 0 spiro atoms. The van der Waals surface area contributed by atoms with E-state index in [-0.39, 0.29) is 0 Å². The van der Waals surface area contributed by atoms with Gasteiger partial charge in [-0.05, 0) is 34.1 Å². The van der Waals surface area contributed by atoms with Gasteiger partial charge in [-0.1, -0.05) is 12.1 Å². The van der Waals surface area contributed by atoms with Gasteiger partial charge in [0.2, 0.25) is 0 Å². The Labute approximate surface area is 114 Å². The van der Waals surface area contributed by atoms with Crippen molar-refractivity contribution in [3.8, 4) is 0 Å². The van der Waals surface area contributed by atoms with E-state index in [2.05, 4.69) is 26.2 Å². The van der Waals surface area contributed by atoms with Crippen molar-refractivity contribution >= 4 is 32.7 Å². The van der Waals surface area contributed by atoms with Gasteiger partial charge in [0.05, 0.1) is 18.2 Å². The Morgan fingerprint density at radius 1 is 1.39 bits per heavy atom. The number of hydrogen-bond acceptors (Lipinski definition) is 4. The van der Waals surface area contributed by atoms with E-state index in [1.54, 1.807) is 7.11 Å². The third-order valence-electron chi connectivity index (χ3n) is 2.55. The van der Waals surface area contributed by atoms with Crippen LogP contribution in [0, 0.1) is 0 Å². The highest BCUT2D eigenvalue weighted by molar-refractivity contribution is 9.10. The van der Waals surface area contributed by atoms with Crippen LogP contribution >= 0.6 is 15.9 Å². The molecule has 2 aromatic rings. The first kappa shape index (κ1) is 13.3. The SMILES string of the molecule is COCC(O)CNc1ccc2cccc(Br)c2n1. The number of ether oxygens (including phenoxy) is 1. The van der Waals surface area contributed by atoms with Crippen LogP contribution in [0.5, 0.6) is 0 Å². The lowest BCUT2D eigenvalue weighted by molar-refractivity contribution is 0.0727. The number of aliphatic hydroxyl groups is 1. The Morgan fingerprint density at radius 2 is 2.22 bits per heavy atom. The first-order valence-corrected chi connectivity index (χ1v) is 6.46. The standard InChI is InChI=1S/C13H15BrN2O2/c1-18-8-10(17)7-15-12-6-5-9-3-2-4-11(14)13(9)16-12/h2-6,10,17H,7-8H2,1H3,(H,15,16). The predicted octanol–water partition coefficient (Wildman–Crippen LogP) is 2.42. The van der Waals surface area contributed by atoms with Gasteiger partial charge in [0.1, 0.15) is 5.82 Å². The van der Waals surface area contributed by atoms with Gasteiger partial charge < -0.3 is 15.2 Å². The molecule has 0 saturated heterocycles. The van der Waals surface area contributed by atoms with Crippen molar-refractivity contribution in [1.82, 2.24) is 4.98 Å². The molecule has 0 saturated carbocycles. The summed E-state index contributed by atoms with van der Waals surface area (Å²) in [5, 5.41) is 13.7. The second kappa shape index (κ2) is 6.13. The summed E-state index contributed by atoms with van der Waals surface area (Å²) in [6.07, 6.45) is -0.535. The lowest BCUT2D eigenvalue weighted by atomic mass is 10.2. The molecule has 96 valence electrons. The zero-order valence-electron chi connectivity index (χ0n) is 10.1. The van der Waals surface area contributed by atoms with Crippen molar-refractivity contribution in [2.45, 2.75) is 6.10 Å². The van der Waals surface area contributed by atoms with E-state index in [1.165, 1.54) is 0 Å². The van der Waals surface area contributed by atoms with Crippen LogP contribution in [0.15, 0.2) is 34.8 Å². The molecule has 1 unspecified atom stereocenters. The van der Waals surface area contributed by atoms with Crippen LogP contribution in [0.4, 0.5) is 5.82 Å². The number of methoxy groups -OCH3 is 1. The first-order chi connectivity index (χ1) is 8.70. The minimum atomic E-state index is -0.535. The lowest BCUT2D eigenvalue weighted by Crippen LogP contribution is -2.24. The molecule has 0 aliphatic rings. The van der Waals surface area contributed by atoms with E-state index in [9.17, 15) is 5.11 Å². The largest absolute Gasteiger partial charge is 0.389 e. The third-order valence-corrected chi connectivity index (χ3v) is 3.19. The Balaban J connectivity index is 2.12. The fourth-order valence-electron chi connectivity index (χ4n) is 1.68. The summed E-state index contributed by atoms with van der Waals surface area (Å²) in [4.78, 5) is 4.50. The highest BCUT2D eigenvalue weighted by Gasteiger charge is 2.05. The average molecular weight is 311 g/mol. The number of para-hydroxylation sites is 1. The zero-order chi connectivity index (χ0) is 13.0. The van der Waals surface area contributed by atoms with Crippen molar-refractivity contribution in [3.63, 3.8) is 0 Å². The molecule has 0 aliphatic heterocycles. The Kier molecular flexibility index (Phi) is 4.52. The maximum absolute atomic E-state index is 9.55. The quantitative estimate of drug-likeness (QED) is 0.890. The summed E-state index contributed by atoms with van der Waals surface area (Å²) in [7, 11) is 1.56. The fourth-order valence-corrected chi connectivity index (χ4v) is 2.15. The minimum absolute atomic E-state index is 0.310. The van der Waals surface area contributed by atoms with Gasteiger partial charge in [0.15, 0.2) is 0 Å². The third kappa shape index (κ3) is 3.19. The summed E-state index contributed by atoms with van der Waals surface area (Å²) in [6.45, 7) is 0.723. The van der Waals surface area contributed by atoms with Gasteiger partial charge in [-0.25, -0.2) is 4.98 Å².